The van der Waals surface area contributed by atoms with Crippen LogP contribution in [0.4, 0.5) is 0 Å². The van der Waals surface area contributed by atoms with E-state index >= 15 is 0 Å². The van der Waals surface area contributed by atoms with Crippen molar-refractivity contribution in [1.29, 1.82) is 0 Å². The van der Waals surface area contributed by atoms with Crippen molar-refractivity contribution in [2.24, 2.45) is 0 Å². The molecule has 3 nitrogen and oxygen atoms in total. The van der Waals surface area contributed by atoms with Gasteiger partial charge in [-0.05, 0) is 61.8 Å². The van der Waals surface area contributed by atoms with E-state index in [1.807, 2.05) is 19.2 Å². The molecule has 1 aromatic carbocycles. The van der Waals surface area contributed by atoms with Crippen molar-refractivity contribution in [2.75, 3.05) is 14.2 Å². The lowest BCUT2D eigenvalue weighted by molar-refractivity contribution is 0.0114. The summed E-state index contributed by atoms with van der Waals surface area (Å²) < 4.78 is 12.5. The minimum atomic E-state index is -0.109. The molecule has 0 aliphatic carbocycles. The summed E-state index contributed by atoms with van der Waals surface area (Å²) in [5, 5.41) is 4.46. The standard InChI is InChI=1S/C16H22BrNO2/c1-16(2,19-4)9-8-13(18-3)14-10-11-6-5-7-12(17)15(11)20-14/h5-7,10,13,18H,8-9H2,1-4H3. The molecule has 0 radical (unpaired) electrons. The minimum Gasteiger partial charge on any atom is -0.458 e. The van der Waals surface area contributed by atoms with Crippen LogP contribution in [0.2, 0.25) is 0 Å². The van der Waals surface area contributed by atoms with E-state index in [0.29, 0.717) is 0 Å². The molecule has 4 heteroatoms. The van der Waals surface area contributed by atoms with E-state index in [4.69, 9.17) is 9.15 Å². The van der Waals surface area contributed by atoms with Gasteiger partial charge in [-0.1, -0.05) is 12.1 Å². The van der Waals surface area contributed by atoms with Gasteiger partial charge in [0.05, 0.1) is 16.1 Å². The molecule has 2 rings (SSSR count). The number of fused-ring (bicyclic) bond motifs is 1. The first-order valence-electron chi connectivity index (χ1n) is 6.87. The Kier molecular flexibility index (Phi) is 4.89. The number of furan rings is 1. The maximum atomic E-state index is 6.00. The molecule has 1 atom stereocenters. The third-order valence-corrected chi connectivity index (χ3v) is 4.42. The molecule has 0 spiro atoms. The third kappa shape index (κ3) is 3.43. The van der Waals surface area contributed by atoms with Crippen molar-refractivity contribution in [3.05, 3.63) is 34.5 Å². The molecule has 1 unspecified atom stereocenters. The predicted octanol–water partition coefficient (Wildman–Crippen LogP) is 4.66. The Balaban J connectivity index is 2.19. The second-order valence-electron chi connectivity index (χ2n) is 5.65. The molecular formula is C16H22BrNO2. The van der Waals surface area contributed by atoms with Crippen LogP contribution >= 0.6 is 15.9 Å². The van der Waals surface area contributed by atoms with Crippen LogP contribution in [-0.4, -0.2) is 19.8 Å². The summed E-state index contributed by atoms with van der Waals surface area (Å²) >= 11 is 3.53. The zero-order valence-electron chi connectivity index (χ0n) is 12.5. The fraction of sp³-hybridized carbons (Fsp3) is 0.500. The normalized spacial score (nSPS) is 13.8. The molecule has 0 aliphatic heterocycles. The van der Waals surface area contributed by atoms with Gasteiger partial charge in [0.2, 0.25) is 0 Å². The Morgan fingerprint density at radius 3 is 2.75 bits per heavy atom. The molecular weight excluding hydrogens is 318 g/mol. The van der Waals surface area contributed by atoms with Gasteiger partial charge in [-0.2, -0.15) is 0 Å². The lowest BCUT2D eigenvalue weighted by atomic mass is 9.98. The summed E-state index contributed by atoms with van der Waals surface area (Å²) in [6, 6.07) is 8.40. The topological polar surface area (TPSA) is 34.4 Å². The molecule has 0 aliphatic rings. The molecule has 1 aromatic heterocycles. The molecule has 0 bridgehead atoms. The van der Waals surface area contributed by atoms with Gasteiger partial charge in [0.1, 0.15) is 11.3 Å². The summed E-state index contributed by atoms with van der Waals surface area (Å²) in [6.45, 7) is 4.21. The highest BCUT2D eigenvalue weighted by atomic mass is 79.9. The van der Waals surface area contributed by atoms with E-state index in [0.717, 1.165) is 34.0 Å². The van der Waals surface area contributed by atoms with E-state index in [1.165, 1.54) is 0 Å². The maximum Gasteiger partial charge on any atom is 0.148 e. The number of halogens is 1. The average molecular weight is 340 g/mol. The molecule has 1 heterocycles. The monoisotopic (exact) mass is 339 g/mol. The number of hydrogen-bond donors (Lipinski definition) is 1. The Morgan fingerprint density at radius 1 is 1.40 bits per heavy atom. The summed E-state index contributed by atoms with van der Waals surface area (Å²) in [4.78, 5) is 0. The molecule has 110 valence electrons. The number of rotatable bonds is 6. The Hall–Kier alpha value is -0.840. The van der Waals surface area contributed by atoms with Crippen molar-refractivity contribution in [2.45, 2.75) is 38.3 Å². The van der Waals surface area contributed by atoms with Crippen LogP contribution in [0.1, 0.15) is 38.5 Å². The maximum absolute atomic E-state index is 6.00. The van der Waals surface area contributed by atoms with Crippen molar-refractivity contribution >= 4 is 26.9 Å². The smallest absolute Gasteiger partial charge is 0.148 e. The second kappa shape index (κ2) is 6.29. The van der Waals surface area contributed by atoms with Gasteiger partial charge in [-0.3, -0.25) is 0 Å². The van der Waals surface area contributed by atoms with Crippen LogP contribution in [0.25, 0.3) is 11.0 Å². The highest BCUT2D eigenvalue weighted by Crippen LogP contribution is 2.32. The van der Waals surface area contributed by atoms with E-state index in [-0.39, 0.29) is 11.6 Å². The van der Waals surface area contributed by atoms with Gasteiger partial charge in [-0.15, -0.1) is 0 Å². The van der Waals surface area contributed by atoms with Crippen LogP contribution in [0.5, 0.6) is 0 Å². The van der Waals surface area contributed by atoms with E-state index in [2.05, 4.69) is 47.2 Å². The average Bonchev–Trinajstić information content (AvgIpc) is 2.85. The summed E-state index contributed by atoms with van der Waals surface area (Å²) in [5.74, 6) is 0.973. The second-order valence-corrected chi connectivity index (χ2v) is 6.51. The van der Waals surface area contributed by atoms with Crippen molar-refractivity contribution in [3.63, 3.8) is 0 Å². The SMILES string of the molecule is CNC(CCC(C)(C)OC)c1cc2cccc(Br)c2o1. The van der Waals surface area contributed by atoms with E-state index < -0.39 is 0 Å². The lowest BCUT2D eigenvalue weighted by Crippen LogP contribution is -2.25. The van der Waals surface area contributed by atoms with Crippen LogP contribution in [-0.2, 0) is 4.74 Å². The number of ether oxygens (including phenoxy) is 1. The lowest BCUT2D eigenvalue weighted by Gasteiger charge is -2.25. The van der Waals surface area contributed by atoms with Crippen LogP contribution < -0.4 is 5.32 Å². The number of hydrogen-bond acceptors (Lipinski definition) is 3. The molecule has 0 fully saturated rings. The quantitative estimate of drug-likeness (QED) is 0.830. The predicted molar refractivity (Wildman–Crippen MR) is 86.0 cm³/mol. The largest absolute Gasteiger partial charge is 0.458 e. The minimum absolute atomic E-state index is 0.109. The Labute approximate surface area is 128 Å². The van der Waals surface area contributed by atoms with Crippen LogP contribution in [0.3, 0.4) is 0 Å². The molecule has 0 saturated heterocycles. The molecule has 0 amide bonds. The zero-order chi connectivity index (χ0) is 14.8. The highest BCUT2D eigenvalue weighted by molar-refractivity contribution is 9.10. The fourth-order valence-corrected chi connectivity index (χ4v) is 2.70. The van der Waals surface area contributed by atoms with Crippen molar-refractivity contribution in [1.82, 2.24) is 5.32 Å². The first kappa shape index (κ1) is 15.5. The summed E-state index contributed by atoms with van der Waals surface area (Å²) in [6.07, 6.45) is 1.93. The number of para-hydroxylation sites is 1. The third-order valence-electron chi connectivity index (χ3n) is 3.79. The Bertz CT molecular complexity index is 577. The van der Waals surface area contributed by atoms with Gasteiger partial charge < -0.3 is 14.5 Å². The van der Waals surface area contributed by atoms with Gasteiger partial charge >= 0.3 is 0 Å². The van der Waals surface area contributed by atoms with E-state index in [1.54, 1.807) is 7.11 Å². The number of methoxy groups -OCH3 is 1. The van der Waals surface area contributed by atoms with Gasteiger partial charge in [0.25, 0.3) is 0 Å². The van der Waals surface area contributed by atoms with Crippen molar-refractivity contribution < 1.29 is 9.15 Å². The number of benzene rings is 1. The zero-order valence-corrected chi connectivity index (χ0v) is 14.1. The van der Waals surface area contributed by atoms with Crippen LogP contribution in [0, 0.1) is 0 Å². The van der Waals surface area contributed by atoms with E-state index in [9.17, 15) is 0 Å². The van der Waals surface area contributed by atoms with Gasteiger partial charge in [0, 0.05) is 12.5 Å². The molecule has 20 heavy (non-hydrogen) atoms. The molecule has 0 saturated carbocycles. The molecule has 1 N–H and O–H groups in total. The van der Waals surface area contributed by atoms with Gasteiger partial charge in [0.15, 0.2) is 0 Å². The number of nitrogens with one attached hydrogen (secondary N) is 1. The summed E-state index contributed by atoms with van der Waals surface area (Å²) in [7, 11) is 3.72. The van der Waals surface area contributed by atoms with Crippen molar-refractivity contribution in [3.8, 4) is 0 Å². The fourth-order valence-electron chi connectivity index (χ4n) is 2.24. The van der Waals surface area contributed by atoms with Gasteiger partial charge in [-0.25, -0.2) is 0 Å². The van der Waals surface area contributed by atoms with Crippen LogP contribution in [0.15, 0.2) is 33.2 Å². The summed E-state index contributed by atoms with van der Waals surface area (Å²) in [5.41, 5.74) is 0.801. The first-order chi connectivity index (χ1) is 9.46. The first-order valence-corrected chi connectivity index (χ1v) is 7.66. The Morgan fingerprint density at radius 2 is 2.15 bits per heavy atom. The highest BCUT2D eigenvalue weighted by Gasteiger charge is 2.21. The molecule has 2 aromatic rings.